The number of aryl methyl sites for hydroxylation is 2. The van der Waals surface area contributed by atoms with Gasteiger partial charge in [-0.1, -0.05) is 54.6 Å². The summed E-state index contributed by atoms with van der Waals surface area (Å²) in [5.41, 5.74) is 5.57. The Morgan fingerprint density at radius 3 is 2.42 bits per heavy atom. The molecule has 0 aliphatic rings. The summed E-state index contributed by atoms with van der Waals surface area (Å²) in [5, 5.41) is 4.81. The van der Waals surface area contributed by atoms with Gasteiger partial charge in [0, 0.05) is 18.7 Å². The van der Waals surface area contributed by atoms with Crippen LogP contribution in [0, 0.1) is 19.7 Å². The standard InChI is InChI=1S/C27H26FN3OS/c1-18-8-11-22-14-23(26(32)30-25(22)19(18)2)17-31(16-21-9-12-24(28)13-10-21)27(33)29-15-20-6-4-3-5-7-20/h3-14H,15-17H2,1-2H3,(H,29,33)(H,30,32). The molecular formula is C27H26FN3OS. The summed E-state index contributed by atoms with van der Waals surface area (Å²) in [6.07, 6.45) is 0. The molecule has 0 saturated carbocycles. The van der Waals surface area contributed by atoms with Crippen LogP contribution in [0.2, 0.25) is 0 Å². The second-order valence-corrected chi connectivity index (χ2v) is 8.61. The van der Waals surface area contributed by atoms with Crippen molar-refractivity contribution in [2.45, 2.75) is 33.5 Å². The van der Waals surface area contributed by atoms with Crippen molar-refractivity contribution in [1.82, 2.24) is 15.2 Å². The highest BCUT2D eigenvalue weighted by Gasteiger charge is 2.15. The Morgan fingerprint density at radius 2 is 1.70 bits per heavy atom. The molecule has 1 aromatic heterocycles. The van der Waals surface area contributed by atoms with Crippen molar-refractivity contribution in [1.29, 1.82) is 0 Å². The van der Waals surface area contributed by atoms with E-state index in [1.54, 1.807) is 12.1 Å². The Kier molecular flexibility index (Phi) is 6.84. The highest BCUT2D eigenvalue weighted by molar-refractivity contribution is 7.80. The molecule has 0 atom stereocenters. The predicted molar refractivity (Wildman–Crippen MR) is 136 cm³/mol. The highest BCUT2D eigenvalue weighted by atomic mass is 32.1. The zero-order valence-corrected chi connectivity index (χ0v) is 19.5. The fourth-order valence-electron chi connectivity index (χ4n) is 3.79. The fourth-order valence-corrected chi connectivity index (χ4v) is 3.99. The van der Waals surface area contributed by atoms with Gasteiger partial charge in [0.2, 0.25) is 0 Å². The molecule has 0 amide bonds. The van der Waals surface area contributed by atoms with Crippen LogP contribution in [-0.4, -0.2) is 15.0 Å². The average Bonchev–Trinajstić information content (AvgIpc) is 2.82. The van der Waals surface area contributed by atoms with Crippen molar-refractivity contribution < 1.29 is 4.39 Å². The molecule has 2 N–H and O–H groups in total. The number of hydrogen-bond acceptors (Lipinski definition) is 2. The van der Waals surface area contributed by atoms with Gasteiger partial charge in [-0.25, -0.2) is 4.39 Å². The molecule has 0 spiro atoms. The van der Waals surface area contributed by atoms with Gasteiger partial charge in [-0.05, 0) is 71.9 Å². The summed E-state index contributed by atoms with van der Waals surface area (Å²) < 4.78 is 13.4. The Bertz CT molecular complexity index is 1330. The summed E-state index contributed by atoms with van der Waals surface area (Å²) in [7, 11) is 0. The van der Waals surface area contributed by atoms with Gasteiger partial charge >= 0.3 is 0 Å². The van der Waals surface area contributed by atoms with Gasteiger partial charge in [-0.15, -0.1) is 0 Å². The van der Waals surface area contributed by atoms with Crippen molar-refractivity contribution >= 4 is 28.2 Å². The van der Waals surface area contributed by atoms with E-state index in [4.69, 9.17) is 12.2 Å². The monoisotopic (exact) mass is 459 g/mol. The van der Waals surface area contributed by atoms with E-state index in [1.807, 2.05) is 61.2 Å². The van der Waals surface area contributed by atoms with E-state index in [0.717, 1.165) is 33.2 Å². The van der Waals surface area contributed by atoms with E-state index in [9.17, 15) is 9.18 Å². The summed E-state index contributed by atoms with van der Waals surface area (Å²) in [4.78, 5) is 17.9. The van der Waals surface area contributed by atoms with E-state index in [2.05, 4.69) is 16.4 Å². The van der Waals surface area contributed by atoms with Crippen LogP contribution in [-0.2, 0) is 19.6 Å². The Hall–Kier alpha value is -3.51. The van der Waals surface area contributed by atoms with Crippen molar-refractivity contribution in [3.63, 3.8) is 0 Å². The van der Waals surface area contributed by atoms with Crippen LogP contribution >= 0.6 is 12.2 Å². The normalized spacial score (nSPS) is 10.9. The number of fused-ring (bicyclic) bond motifs is 1. The molecule has 1 heterocycles. The third-order valence-corrected chi connectivity index (χ3v) is 6.25. The van der Waals surface area contributed by atoms with Crippen molar-refractivity contribution in [3.05, 3.63) is 117 Å². The van der Waals surface area contributed by atoms with Gasteiger partial charge in [0.25, 0.3) is 5.56 Å². The number of aromatic nitrogens is 1. The summed E-state index contributed by atoms with van der Waals surface area (Å²) >= 11 is 5.70. The minimum atomic E-state index is -0.285. The Labute approximate surface area is 198 Å². The Balaban J connectivity index is 1.61. The summed E-state index contributed by atoms with van der Waals surface area (Å²) in [6, 6.07) is 22.3. The van der Waals surface area contributed by atoms with Gasteiger partial charge in [-0.3, -0.25) is 4.79 Å². The number of pyridine rings is 1. The number of H-pyrrole nitrogens is 1. The molecule has 3 aromatic carbocycles. The van der Waals surface area contributed by atoms with Crippen molar-refractivity contribution in [2.75, 3.05) is 0 Å². The lowest BCUT2D eigenvalue weighted by Gasteiger charge is -2.26. The lowest BCUT2D eigenvalue weighted by Crippen LogP contribution is -2.39. The van der Waals surface area contributed by atoms with Crippen molar-refractivity contribution in [2.24, 2.45) is 0 Å². The average molecular weight is 460 g/mol. The quantitative estimate of drug-likeness (QED) is 0.381. The van der Waals surface area contributed by atoms with Crippen LogP contribution in [0.5, 0.6) is 0 Å². The molecule has 0 fully saturated rings. The van der Waals surface area contributed by atoms with Crippen molar-refractivity contribution in [3.8, 4) is 0 Å². The highest BCUT2D eigenvalue weighted by Crippen LogP contribution is 2.20. The van der Waals surface area contributed by atoms with Crippen LogP contribution in [0.4, 0.5) is 4.39 Å². The molecule has 33 heavy (non-hydrogen) atoms. The number of aromatic amines is 1. The van der Waals surface area contributed by atoms with E-state index < -0.39 is 0 Å². The molecule has 168 valence electrons. The van der Waals surface area contributed by atoms with Gasteiger partial charge in [0.1, 0.15) is 5.82 Å². The number of halogens is 1. The second-order valence-electron chi connectivity index (χ2n) is 8.22. The first-order valence-electron chi connectivity index (χ1n) is 10.8. The first-order chi connectivity index (χ1) is 15.9. The van der Waals surface area contributed by atoms with Gasteiger partial charge < -0.3 is 15.2 Å². The van der Waals surface area contributed by atoms with Gasteiger partial charge in [0.15, 0.2) is 5.11 Å². The smallest absolute Gasteiger partial charge is 0.253 e. The van der Waals surface area contributed by atoms with E-state index in [-0.39, 0.29) is 11.4 Å². The maximum absolute atomic E-state index is 13.4. The fraction of sp³-hybridized carbons (Fsp3) is 0.185. The van der Waals surface area contributed by atoms with Crippen LogP contribution in [0.3, 0.4) is 0 Å². The van der Waals surface area contributed by atoms with Crippen LogP contribution < -0.4 is 10.9 Å². The molecular weight excluding hydrogens is 433 g/mol. The number of nitrogens with one attached hydrogen (secondary N) is 2. The molecule has 4 aromatic rings. The van der Waals surface area contributed by atoms with E-state index in [0.29, 0.717) is 30.3 Å². The minimum absolute atomic E-state index is 0.133. The molecule has 6 heteroatoms. The van der Waals surface area contributed by atoms with E-state index >= 15 is 0 Å². The third kappa shape index (κ3) is 5.46. The molecule has 4 nitrogen and oxygen atoms in total. The SMILES string of the molecule is Cc1ccc2cc(CN(Cc3ccc(F)cc3)C(=S)NCc3ccccc3)c(=O)[nH]c2c1C. The maximum Gasteiger partial charge on any atom is 0.253 e. The third-order valence-electron chi connectivity index (χ3n) is 5.85. The maximum atomic E-state index is 13.4. The lowest BCUT2D eigenvalue weighted by atomic mass is 10.0. The minimum Gasteiger partial charge on any atom is -0.358 e. The Morgan fingerprint density at radius 1 is 0.970 bits per heavy atom. The van der Waals surface area contributed by atoms with Crippen LogP contribution in [0.15, 0.2) is 77.6 Å². The second kappa shape index (κ2) is 9.96. The van der Waals surface area contributed by atoms with Crippen LogP contribution in [0.1, 0.15) is 27.8 Å². The molecule has 0 radical (unpaired) electrons. The van der Waals surface area contributed by atoms with Crippen LogP contribution in [0.25, 0.3) is 10.9 Å². The first kappa shape index (κ1) is 22.7. The molecule has 0 aliphatic heterocycles. The first-order valence-corrected chi connectivity index (χ1v) is 11.2. The van der Waals surface area contributed by atoms with Gasteiger partial charge in [0.05, 0.1) is 12.1 Å². The number of benzene rings is 3. The molecule has 0 bridgehead atoms. The number of hydrogen-bond donors (Lipinski definition) is 2. The zero-order valence-electron chi connectivity index (χ0n) is 18.7. The molecule has 0 unspecified atom stereocenters. The lowest BCUT2D eigenvalue weighted by molar-refractivity contribution is 0.397. The zero-order chi connectivity index (χ0) is 23.4. The molecule has 4 rings (SSSR count). The topological polar surface area (TPSA) is 48.1 Å². The molecule has 0 saturated heterocycles. The summed E-state index contributed by atoms with van der Waals surface area (Å²) in [6.45, 7) is 5.40. The van der Waals surface area contributed by atoms with Gasteiger partial charge in [-0.2, -0.15) is 0 Å². The number of rotatable bonds is 6. The van der Waals surface area contributed by atoms with E-state index in [1.165, 1.54) is 12.1 Å². The molecule has 0 aliphatic carbocycles. The number of thiocarbonyl (C=S) groups is 1. The summed E-state index contributed by atoms with van der Waals surface area (Å²) in [5.74, 6) is -0.285. The largest absolute Gasteiger partial charge is 0.358 e. The number of nitrogens with zero attached hydrogens (tertiary/aromatic N) is 1. The predicted octanol–water partition coefficient (Wildman–Crippen LogP) is 5.36.